The molecular weight excluding hydrogens is 251 g/mol. The van der Waals surface area contributed by atoms with Gasteiger partial charge in [0.15, 0.2) is 0 Å². The van der Waals surface area contributed by atoms with E-state index in [1.54, 1.807) is 12.1 Å². The second-order valence-electron chi connectivity index (χ2n) is 5.24. The summed E-state index contributed by atoms with van der Waals surface area (Å²) < 4.78 is 13.9. The molecule has 2 nitrogen and oxygen atoms in total. The smallest absolute Gasteiger partial charge is 0.129 e. The first kappa shape index (κ1) is 13.8. The molecule has 3 atom stereocenters. The largest absolute Gasteiger partial charge is 0.329 e. The standard InChI is InChI=1S/C14H20ClFN2/c1-9-2-4-11(6-9)18-14(8-17)12-5-3-10(15)7-13(12)16/h3,5,7,9,11,14,18H,2,4,6,8,17H2,1H3. The molecule has 0 bridgehead atoms. The Kier molecular flexibility index (Phi) is 4.60. The van der Waals surface area contributed by atoms with Gasteiger partial charge in [0.1, 0.15) is 5.82 Å². The molecule has 100 valence electrons. The van der Waals surface area contributed by atoms with Gasteiger partial charge in [-0.25, -0.2) is 4.39 Å². The maximum absolute atomic E-state index is 13.9. The molecule has 0 aromatic heterocycles. The lowest BCUT2D eigenvalue weighted by Gasteiger charge is -2.22. The van der Waals surface area contributed by atoms with Crippen molar-refractivity contribution < 1.29 is 4.39 Å². The van der Waals surface area contributed by atoms with Crippen molar-refractivity contribution >= 4 is 11.6 Å². The maximum atomic E-state index is 13.9. The molecule has 0 heterocycles. The average molecular weight is 271 g/mol. The van der Waals surface area contributed by atoms with Gasteiger partial charge in [-0.05, 0) is 37.3 Å². The van der Waals surface area contributed by atoms with Gasteiger partial charge in [0.05, 0.1) is 0 Å². The van der Waals surface area contributed by atoms with Crippen LogP contribution in [0.25, 0.3) is 0 Å². The average Bonchev–Trinajstić information content (AvgIpc) is 2.72. The molecule has 4 heteroatoms. The van der Waals surface area contributed by atoms with Crippen molar-refractivity contribution in [2.24, 2.45) is 11.7 Å². The number of halogens is 2. The summed E-state index contributed by atoms with van der Waals surface area (Å²) in [5.74, 6) is 0.465. The molecular formula is C14H20ClFN2. The maximum Gasteiger partial charge on any atom is 0.129 e. The number of hydrogen-bond acceptors (Lipinski definition) is 2. The molecule has 1 aromatic rings. The van der Waals surface area contributed by atoms with E-state index in [1.165, 1.54) is 12.5 Å². The first-order chi connectivity index (χ1) is 8.60. The van der Waals surface area contributed by atoms with Crippen LogP contribution < -0.4 is 11.1 Å². The van der Waals surface area contributed by atoms with Crippen LogP contribution in [0.15, 0.2) is 18.2 Å². The topological polar surface area (TPSA) is 38.0 Å². The van der Waals surface area contributed by atoms with E-state index >= 15 is 0 Å². The number of nitrogens with one attached hydrogen (secondary N) is 1. The van der Waals surface area contributed by atoms with Gasteiger partial charge < -0.3 is 11.1 Å². The van der Waals surface area contributed by atoms with Gasteiger partial charge in [0.2, 0.25) is 0 Å². The summed E-state index contributed by atoms with van der Waals surface area (Å²) in [5.41, 5.74) is 6.37. The van der Waals surface area contributed by atoms with Crippen LogP contribution in [0.5, 0.6) is 0 Å². The van der Waals surface area contributed by atoms with Crippen LogP contribution in [0.4, 0.5) is 4.39 Å². The van der Waals surface area contributed by atoms with Gasteiger partial charge >= 0.3 is 0 Å². The molecule has 1 saturated carbocycles. The zero-order chi connectivity index (χ0) is 13.1. The Morgan fingerprint density at radius 1 is 1.50 bits per heavy atom. The fourth-order valence-corrected chi connectivity index (χ4v) is 2.87. The first-order valence-electron chi connectivity index (χ1n) is 6.51. The minimum atomic E-state index is -0.281. The second kappa shape index (κ2) is 6.00. The number of hydrogen-bond donors (Lipinski definition) is 2. The van der Waals surface area contributed by atoms with Gasteiger partial charge in [-0.15, -0.1) is 0 Å². The van der Waals surface area contributed by atoms with E-state index in [4.69, 9.17) is 17.3 Å². The molecule has 0 saturated heterocycles. The number of nitrogens with two attached hydrogens (primary N) is 1. The van der Waals surface area contributed by atoms with Crippen molar-refractivity contribution in [3.05, 3.63) is 34.6 Å². The highest BCUT2D eigenvalue weighted by atomic mass is 35.5. The summed E-state index contributed by atoms with van der Waals surface area (Å²) in [6.07, 6.45) is 3.52. The van der Waals surface area contributed by atoms with Crippen LogP contribution >= 0.6 is 11.6 Å². The summed E-state index contributed by atoms with van der Waals surface area (Å²) in [6, 6.07) is 5.10. The van der Waals surface area contributed by atoms with Gasteiger partial charge in [0, 0.05) is 29.2 Å². The lowest BCUT2D eigenvalue weighted by molar-refractivity contribution is 0.423. The number of rotatable bonds is 4. The van der Waals surface area contributed by atoms with E-state index in [1.807, 2.05) is 0 Å². The quantitative estimate of drug-likeness (QED) is 0.881. The predicted octanol–water partition coefficient (Wildman–Crippen LogP) is 3.26. The Balaban J connectivity index is 2.08. The molecule has 1 fully saturated rings. The third-order valence-corrected chi connectivity index (χ3v) is 3.94. The highest BCUT2D eigenvalue weighted by Crippen LogP contribution is 2.28. The van der Waals surface area contributed by atoms with Gasteiger partial charge in [-0.3, -0.25) is 0 Å². The van der Waals surface area contributed by atoms with Crippen molar-refractivity contribution in [2.45, 2.75) is 38.3 Å². The lowest BCUT2D eigenvalue weighted by atomic mass is 10.0. The monoisotopic (exact) mass is 270 g/mol. The van der Waals surface area contributed by atoms with Crippen LogP contribution in [0, 0.1) is 11.7 Å². The highest BCUT2D eigenvalue weighted by molar-refractivity contribution is 6.30. The lowest BCUT2D eigenvalue weighted by Crippen LogP contribution is -2.35. The zero-order valence-electron chi connectivity index (χ0n) is 10.6. The van der Waals surface area contributed by atoms with Crippen molar-refractivity contribution in [2.75, 3.05) is 6.54 Å². The van der Waals surface area contributed by atoms with Crippen molar-refractivity contribution in [1.82, 2.24) is 5.32 Å². The summed E-state index contributed by atoms with van der Waals surface area (Å²) >= 11 is 5.76. The van der Waals surface area contributed by atoms with E-state index in [2.05, 4.69) is 12.2 Å². The van der Waals surface area contributed by atoms with Gasteiger partial charge in [0.25, 0.3) is 0 Å². The minimum absolute atomic E-state index is 0.127. The highest BCUT2D eigenvalue weighted by Gasteiger charge is 2.24. The summed E-state index contributed by atoms with van der Waals surface area (Å²) in [5, 5.41) is 3.88. The fraction of sp³-hybridized carbons (Fsp3) is 0.571. The molecule has 18 heavy (non-hydrogen) atoms. The fourth-order valence-electron chi connectivity index (χ4n) is 2.71. The van der Waals surface area contributed by atoms with E-state index in [0.29, 0.717) is 23.2 Å². The molecule has 0 amide bonds. The third-order valence-electron chi connectivity index (χ3n) is 3.71. The molecule has 0 spiro atoms. The molecule has 3 N–H and O–H groups in total. The third kappa shape index (κ3) is 3.22. The van der Waals surface area contributed by atoms with Gasteiger partial charge in [-0.1, -0.05) is 24.6 Å². The zero-order valence-corrected chi connectivity index (χ0v) is 11.4. The van der Waals surface area contributed by atoms with Crippen molar-refractivity contribution in [3.8, 4) is 0 Å². The Morgan fingerprint density at radius 3 is 2.83 bits per heavy atom. The molecule has 1 aliphatic carbocycles. The van der Waals surface area contributed by atoms with Crippen LogP contribution in [0.1, 0.15) is 37.8 Å². The van der Waals surface area contributed by atoms with Gasteiger partial charge in [-0.2, -0.15) is 0 Å². The van der Waals surface area contributed by atoms with Crippen LogP contribution in [0.2, 0.25) is 5.02 Å². The van der Waals surface area contributed by atoms with Crippen LogP contribution in [-0.2, 0) is 0 Å². The SMILES string of the molecule is CC1CCC(NC(CN)c2ccc(Cl)cc2F)C1. The van der Waals surface area contributed by atoms with E-state index in [9.17, 15) is 4.39 Å². The molecule has 3 unspecified atom stereocenters. The Hall–Kier alpha value is -0.640. The first-order valence-corrected chi connectivity index (χ1v) is 6.89. The molecule has 1 aromatic carbocycles. The Morgan fingerprint density at radius 2 is 2.28 bits per heavy atom. The predicted molar refractivity (Wildman–Crippen MR) is 73.1 cm³/mol. The summed E-state index contributed by atoms with van der Waals surface area (Å²) in [4.78, 5) is 0. The molecule has 0 aliphatic heterocycles. The Bertz CT molecular complexity index is 411. The van der Waals surface area contributed by atoms with E-state index in [-0.39, 0.29) is 11.9 Å². The summed E-state index contributed by atoms with van der Waals surface area (Å²) in [6.45, 7) is 2.64. The normalized spacial score (nSPS) is 25.3. The van der Waals surface area contributed by atoms with E-state index in [0.717, 1.165) is 18.8 Å². The van der Waals surface area contributed by atoms with E-state index < -0.39 is 0 Å². The minimum Gasteiger partial charge on any atom is -0.329 e. The molecule has 2 rings (SSSR count). The van der Waals surface area contributed by atoms with Crippen molar-refractivity contribution in [1.29, 1.82) is 0 Å². The Labute approximate surface area is 113 Å². The number of benzene rings is 1. The second-order valence-corrected chi connectivity index (χ2v) is 5.67. The van der Waals surface area contributed by atoms with Crippen LogP contribution in [0.3, 0.4) is 0 Å². The van der Waals surface area contributed by atoms with Crippen LogP contribution in [-0.4, -0.2) is 12.6 Å². The molecule has 1 aliphatic rings. The molecule has 0 radical (unpaired) electrons. The summed E-state index contributed by atoms with van der Waals surface area (Å²) in [7, 11) is 0. The van der Waals surface area contributed by atoms with Crippen molar-refractivity contribution in [3.63, 3.8) is 0 Å².